The Morgan fingerprint density at radius 3 is 2.26 bits per heavy atom. The maximum absolute atomic E-state index is 5.63. The molecule has 0 spiro atoms. The molecule has 144 valence electrons. The number of morpholine rings is 1. The third-order valence-electron chi connectivity index (χ3n) is 4.81. The largest absolute Gasteiger partial charge is 0.379 e. The van der Waals surface area contributed by atoms with Crippen molar-refractivity contribution in [3.63, 3.8) is 0 Å². The predicted octanol–water partition coefficient (Wildman–Crippen LogP) is 3.97. The Morgan fingerprint density at radius 2 is 1.63 bits per heavy atom. The van der Waals surface area contributed by atoms with Crippen molar-refractivity contribution in [3.05, 3.63) is 64.7 Å². The van der Waals surface area contributed by atoms with Crippen LogP contribution in [-0.2, 0) is 4.74 Å². The van der Waals surface area contributed by atoms with Gasteiger partial charge in [-0.2, -0.15) is 0 Å². The second kappa shape index (κ2) is 9.31. The molecule has 1 saturated heterocycles. The van der Waals surface area contributed by atoms with E-state index in [1.165, 1.54) is 22.3 Å². The van der Waals surface area contributed by atoms with Gasteiger partial charge in [0.15, 0.2) is 5.11 Å². The average molecular weight is 384 g/mol. The normalized spacial score (nSPS) is 16.0. The molecule has 1 fully saturated rings. The van der Waals surface area contributed by atoms with Crippen LogP contribution >= 0.6 is 12.2 Å². The molecule has 2 aromatic rings. The minimum Gasteiger partial charge on any atom is -0.379 e. The number of benzene rings is 2. The number of nitrogens with one attached hydrogen (secondary N) is 2. The van der Waals surface area contributed by atoms with E-state index in [0.717, 1.165) is 38.5 Å². The van der Waals surface area contributed by atoms with Gasteiger partial charge < -0.3 is 15.4 Å². The first-order valence-electron chi connectivity index (χ1n) is 9.52. The molecule has 0 bridgehead atoms. The summed E-state index contributed by atoms with van der Waals surface area (Å²) in [5.74, 6) is 0. The highest BCUT2D eigenvalue weighted by atomic mass is 32.1. The third kappa shape index (κ3) is 6.03. The first kappa shape index (κ1) is 19.8. The SMILES string of the molecule is Cc1ccc([C@H](CN2CCOCC2)NC(=S)Nc2cc(C)cc(C)c2)cc1. The molecule has 4 nitrogen and oxygen atoms in total. The van der Waals surface area contributed by atoms with Crippen molar-refractivity contribution in [1.82, 2.24) is 10.2 Å². The predicted molar refractivity (Wildman–Crippen MR) is 116 cm³/mol. The summed E-state index contributed by atoms with van der Waals surface area (Å²) >= 11 is 5.63. The minimum atomic E-state index is 0.134. The molecule has 2 aromatic carbocycles. The van der Waals surface area contributed by atoms with Gasteiger partial charge in [-0.05, 0) is 61.8 Å². The maximum atomic E-state index is 5.63. The van der Waals surface area contributed by atoms with Crippen LogP contribution in [0.4, 0.5) is 5.69 Å². The third-order valence-corrected chi connectivity index (χ3v) is 5.03. The van der Waals surface area contributed by atoms with E-state index in [2.05, 4.69) is 78.8 Å². The Hall–Kier alpha value is -1.95. The number of aryl methyl sites for hydroxylation is 3. The summed E-state index contributed by atoms with van der Waals surface area (Å²) in [5, 5.41) is 7.53. The molecule has 0 unspecified atom stereocenters. The lowest BCUT2D eigenvalue weighted by Gasteiger charge is -2.31. The van der Waals surface area contributed by atoms with Gasteiger partial charge in [-0.15, -0.1) is 0 Å². The number of thiocarbonyl (C=S) groups is 1. The molecule has 0 amide bonds. The highest BCUT2D eigenvalue weighted by Crippen LogP contribution is 2.18. The second-order valence-corrected chi connectivity index (χ2v) is 7.76. The molecule has 2 N–H and O–H groups in total. The fourth-order valence-electron chi connectivity index (χ4n) is 3.45. The Labute approximate surface area is 167 Å². The summed E-state index contributed by atoms with van der Waals surface area (Å²) in [6.45, 7) is 10.7. The van der Waals surface area contributed by atoms with Crippen LogP contribution in [0.2, 0.25) is 0 Å². The van der Waals surface area contributed by atoms with Gasteiger partial charge in [0.25, 0.3) is 0 Å². The van der Waals surface area contributed by atoms with Gasteiger partial charge in [0.1, 0.15) is 0 Å². The van der Waals surface area contributed by atoms with E-state index in [0.29, 0.717) is 5.11 Å². The Balaban J connectivity index is 1.71. The molecule has 0 aromatic heterocycles. The quantitative estimate of drug-likeness (QED) is 0.764. The molecule has 27 heavy (non-hydrogen) atoms. The molecule has 3 rings (SSSR count). The van der Waals surface area contributed by atoms with E-state index in [1.807, 2.05) is 0 Å². The van der Waals surface area contributed by atoms with E-state index >= 15 is 0 Å². The minimum absolute atomic E-state index is 0.134. The Bertz CT molecular complexity index is 749. The van der Waals surface area contributed by atoms with Crippen LogP contribution in [0.25, 0.3) is 0 Å². The van der Waals surface area contributed by atoms with Crippen molar-refractivity contribution in [1.29, 1.82) is 0 Å². The van der Waals surface area contributed by atoms with Crippen molar-refractivity contribution in [2.75, 3.05) is 38.2 Å². The monoisotopic (exact) mass is 383 g/mol. The zero-order valence-corrected chi connectivity index (χ0v) is 17.2. The number of rotatable bonds is 5. The zero-order chi connectivity index (χ0) is 19.2. The van der Waals surface area contributed by atoms with E-state index < -0.39 is 0 Å². The first-order chi connectivity index (χ1) is 13.0. The smallest absolute Gasteiger partial charge is 0.171 e. The summed E-state index contributed by atoms with van der Waals surface area (Å²) in [5.41, 5.74) is 5.99. The number of nitrogens with zero attached hydrogens (tertiary/aromatic N) is 1. The van der Waals surface area contributed by atoms with E-state index in [1.54, 1.807) is 0 Å². The zero-order valence-electron chi connectivity index (χ0n) is 16.4. The van der Waals surface area contributed by atoms with E-state index in [-0.39, 0.29) is 6.04 Å². The maximum Gasteiger partial charge on any atom is 0.171 e. The van der Waals surface area contributed by atoms with Gasteiger partial charge in [0.05, 0.1) is 19.3 Å². The molecule has 0 saturated carbocycles. The highest BCUT2D eigenvalue weighted by molar-refractivity contribution is 7.80. The molecular formula is C22H29N3OS. The first-order valence-corrected chi connectivity index (χ1v) is 9.93. The lowest BCUT2D eigenvalue weighted by atomic mass is 10.0. The number of hydrogen-bond acceptors (Lipinski definition) is 3. The van der Waals surface area contributed by atoms with Crippen LogP contribution < -0.4 is 10.6 Å². The van der Waals surface area contributed by atoms with Gasteiger partial charge in [-0.1, -0.05) is 35.9 Å². The fraction of sp³-hybridized carbons (Fsp3) is 0.409. The molecule has 1 aliphatic heterocycles. The molecule has 5 heteroatoms. The van der Waals surface area contributed by atoms with Crippen LogP contribution in [0.3, 0.4) is 0 Å². The molecular weight excluding hydrogens is 354 g/mol. The molecule has 1 atom stereocenters. The van der Waals surface area contributed by atoms with Crippen molar-refractivity contribution in [2.45, 2.75) is 26.8 Å². The van der Waals surface area contributed by atoms with Crippen molar-refractivity contribution >= 4 is 23.0 Å². The standard InChI is InChI=1S/C22H29N3OS/c1-16-4-6-19(7-5-16)21(15-25-8-10-26-11-9-25)24-22(27)23-20-13-17(2)12-18(3)14-20/h4-7,12-14,21H,8-11,15H2,1-3H3,(H2,23,24,27)/t21-/m0/s1. The lowest BCUT2D eigenvalue weighted by molar-refractivity contribution is 0.0344. The summed E-state index contributed by atoms with van der Waals surface area (Å²) in [4.78, 5) is 2.43. The lowest BCUT2D eigenvalue weighted by Crippen LogP contribution is -2.44. The number of anilines is 1. The van der Waals surface area contributed by atoms with Crippen LogP contribution in [0.1, 0.15) is 28.3 Å². The topological polar surface area (TPSA) is 36.5 Å². The summed E-state index contributed by atoms with van der Waals surface area (Å²) in [6.07, 6.45) is 0. The molecule has 0 aliphatic carbocycles. The fourth-order valence-corrected chi connectivity index (χ4v) is 3.71. The van der Waals surface area contributed by atoms with Crippen molar-refractivity contribution in [3.8, 4) is 0 Å². The van der Waals surface area contributed by atoms with Gasteiger partial charge in [-0.25, -0.2) is 0 Å². The number of ether oxygens (including phenoxy) is 1. The van der Waals surface area contributed by atoms with Crippen molar-refractivity contribution in [2.24, 2.45) is 0 Å². The van der Waals surface area contributed by atoms with Crippen LogP contribution in [0.5, 0.6) is 0 Å². The van der Waals surface area contributed by atoms with Crippen LogP contribution in [-0.4, -0.2) is 42.9 Å². The van der Waals surface area contributed by atoms with E-state index in [4.69, 9.17) is 17.0 Å². The van der Waals surface area contributed by atoms with Crippen molar-refractivity contribution < 1.29 is 4.74 Å². The highest BCUT2D eigenvalue weighted by Gasteiger charge is 2.19. The van der Waals surface area contributed by atoms with Gasteiger partial charge >= 0.3 is 0 Å². The Morgan fingerprint density at radius 1 is 1.00 bits per heavy atom. The Kier molecular flexibility index (Phi) is 6.83. The second-order valence-electron chi connectivity index (χ2n) is 7.35. The number of hydrogen-bond donors (Lipinski definition) is 2. The van der Waals surface area contributed by atoms with E-state index in [9.17, 15) is 0 Å². The van der Waals surface area contributed by atoms with Gasteiger partial charge in [0, 0.05) is 25.3 Å². The summed E-state index contributed by atoms with van der Waals surface area (Å²) < 4.78 is 5.48. The molecule has 1 aliphatic rings. The van der Waals surface area contributed by atoms with Crippen LogP contribution in [0.15, 0.2) is 42.5 Å². The van der Waals surface area contributed by atoms with Gasteiger partial charge in [0.2, 0.25) is 0 Å². The summed E-state index contributed by atoms with van der Waals surface area (Å²) in [6, 6.07) is 15.2. The van der Waals surface area contributed by atoms with Crippen LogP contribution in [0, 0.1) is 20.8 Å². The molecule has 1 heterocycles. The van der Waals surface area contributed by atoms with Gasteiger partial charge in [-0.3, -0.25) is 4.90 Å². The molecule has 0 radical (unpaired) electrons. The summed E-state index contributed by atoms with van der Waals surface area (Å²) in [7, 11) is 0. The average Bonchev–Trinajstić information content (AvgIpc) is 2.62.